The monoisotopic (exact) mass is 285 g/mol. The van der Waals surface area contributed by atoms with E-state index < -0.39 is 16.5 Å². The molecule has 0 spiro atoms. The Morgan fingerprint density at radius 1 is 1.42 bits per heavy atom. The van der Waals surface area contributed by atoms with Gasteiger partial charge in [0.15, 0.2) is 0 Å². The second-order valence-corrected chi connectivity index (χ2v) is 3.98. The zero-order chi connectivity index (χ0) is 14.4. The van der Waals surface area contributed by atoms with Crippen molar-refractivity contribution in [2.75, 3.05) is 13.6 Å². The summed E-state index contributed by atoms with van der Waals surface area (Å²) in [7, 11) is 1.48. The molecule has 2 N–H and O–H groups in total. The van der Waals surface area contributed by atoms with Crippen molar-refractivity contribution in [3.05, 3.63) is 38.9 Å². The molecular weight excluding hydrogens is 274 g/mol. The van der Waals surface area contributed by atoms with E-state index in [1.54, 1.807) is 0 Å². The van der Waals surface area contributed by atoms with E-state index in [1.807, 2.05) is 0 Å². The molecule has 8 heteroatoms. The minimum Gasteiger partial charge on any atom is -0.359 e. The van der Waals surface area contributed by atoms with Crippen molar-refractivity contribution in [3.8, 4) is 0 Å². The van der Waals surface area contributed by atoms with Gasteiger partial charge in [-0.05, 0) is 12.1 Å². The number of nitro benzene ring substituents is 1. The molecule has 1 aromatic carbocycles. The van der Waals surface area contributed by atoms with Crippen LogP contribution in [0.1, 0.15) is 16.8 Å². The maximum atomic E-state index is 11.8. The van der Waals surface area contributed by atoms with Gasteiger partial charge in [-0.25, -0.2) is 0 Å². The van der Waals surface area contributed by atoms with Crippen LogP contribution >= 0.6 is 11.6 Å². The summed E-state index contributed by atoms with van der Waals surface area (Å²) in [4.78, 5) is 32.9. The van der Waals surface area contributed by atoms with Gasteiger partial charge in [-0.1, -0.05) is 17.7 Å². The summed E-state index contributed by atoms with van der Waals surface area (Å²) >= 11 is 5.69. The van der Waals surface area contributed by atoms with Gasteiger partial charge in [0, 0.05) is 20.0 Å². The molecule has 0 aromatic heterocycles. The second kappa shape index (κ2) is 6.69. The summed E-state index contributed by atoms with van der Waals surface area (Å²) in [5, 5.41) is 15.6. The molecule has 0 aliphatic rings. The molecule has 0 fully saturated rings. The number of nitrogens with one attached hydrogen (secondary N) is 2. The number of nitrogens with zero attached hydrogens (tertiary/aromatic N) is 1. The SMILES string of the molecule is CNC(=O)CCNC(=O)c1cccc(Cl)c1[N+](=O)[O-]. The van der Waals surface area contributed by atoms with Crippen molar-refractivity contribution in [2.45, 2.75) is 6.42 Å². The van der Waals surface area contributed by atoms with Crippen LogP contribution in [0.4, 0.5) is 5.69 Å². The zero-order valence-electron chi connectivity index (χ0n) is 10.1. The van der Waals surface area contributed by atoms with Crippen LogP contribution in [0.25, 0.3) is 0 Å². The Hall–Kier alpha value is -2.15. The van der Waals surface area contributed by atoms with Crippen LogP contribution in [0.5, 0.6) is 0 Å². The standard InChI is InChI=1S/C11H12ClN3O4/c1-13-9(16)5-6-14-11(17)7-3-2-4-8(12)10(7)15(18)19/h2-4H,5-6H2,1H3,(H,13,16)(H,14,17). The molecule has 0 atom stereocenters. The van der Waals surface area contributed by atoms with Crippen molar-refractivity contribution in [1.82, 2.24) is 10.6 Å². The van der Waals surface area contributed by atoms with Crippen LogP contribution in [0.15, 0.2) is 18.2 Å². The van der Waals surface area contributed by atoms with Gasteiger partial charge in [0.2, 0.25) is 5.91 Å². The molecule has 0 saturated heterocycles. The largest absolute Gasteiger partial charge is 0.359 e. The predicted octanol–water partition coefficient (Wildman–Crippen LogP) is 1.11. The molecule has 0 unspecified atom stereocenters. The molecule has 0 bridgehead atoms. The Balaban J connectivity index is 2.80. The van der Waals surface area contributed by atoms with Crippen LogP contribution in [0.3, 0.4) is 0 Å². The highest BCUT2D eigenvalue weighted by Gasteiger charge is 2.23. The van der Waals surface area contributed by atoms with E-state index in [0.29, 0.717) is 0 Å². The van der Waals surface area contributed by atoms with Crippen molar-refractivity contribution >= 4 is 29.1 Å². The molecule has 0 radical (unpaired) electrons. The van der Waals surface area contributed by atoms with Crippen molar-refractivity contribution in [3.63, 3.8) is 0 Å². The number of halogens is 1. The third-order valence-corrected chi connectivity index (χ3v) is 2.64. The fourth-order valence-electron chi connectivity index (χ4n) is 1.39. The number of rotatable bonds is 5. The van der Waals surface area contributed by atoms with Gasteiger partial charge in [0.05, 0.1) is 4.92 Å². The van der Waals surface area contributed by atoms with Crippen molar-refractivity contribution < 1.29 is 14.5 Å². The molecule has 19 heavy (non-hydrogen) atoms. The highest BCUT2D eigenvalue weighted by Crippen LogP contribution is 2.27. The number of hydrogen-bond acceptors (Lipinski definition) is 4. The number of carbonyl (C=O) groups excluding carboxylic acids is 2. The first kappa shape index (κ1) is 14.9. The lowest BCUT2D eigenvalue weighted by atomic mass is 10.1. The average Bonchev–Trinajstić information content (AvgIpc) is 2.37. The quantitative estimate of drug-likeness (QED) is 0.625. The van der Waals surface area contributed by atoms with E-state index in [9.17, 15) is 19.7 Å². The minimum atomic E-state index is -0.712. The first-order valence-corrected chi connectivity index (χ1v) is 5.77. The molecule has 7 nitrogen and oxygen atoms in total. The van der Waals surface area contributed by atoms with Gasteiger partial charge >= 0.3 is 5.69 Å². The van der Waals surface area contributed by atoms with E-state index >= 15 is 0 Å². The number of carbonyl (C=O) groups is 2. The number of hydrogen-bond donors (Lipinski definition) is 2. The lowest BCUT2D eigenvalue weighted by Crippen LogP contribution is -2.29. The van der Waals surface area contributed by atoms with Crippen molar-refractivity contribution in [2.24, 2.45) is 0 Å². The fourth-order valence-corrected chi connectivity index (χ4v) is 1.64. The third kappa shape index (κ3) is 3.92. The number of para-hydroxylation sites is 1. The predicted molar refractivity (Wildman–Crippen MR) is 69.1 cm³/mol. The van der Waals surface area contributed by atoms with E-state index in [2.05, 4.69) is 10.6 Å². The molecule has 0 saturated carbocycles. The third-order valence-electron chi connectivity index (χ3n) is 2.33. The van der Waals surface area contributed by atoms with Gasteiger partial charge in [-0.2, -0.15) is 0 Å². The van der Waals surface area contributed by atoms with Gasteiger partial charge in [-0.3, -0.25) is 19.7 Å². The van der Waals surface area contributed by atoms with Gasteiger partial charge in [0.1, 0.15) is 10.6 Å². The molecule has 0 aliphatic carbocycles. The van der Waals surface area contributed by atoms with E-state index in [-0.39, 0.29) is 29.5 Å². The highest BCUT2D eigenvalue weighted by molar-refractivity contribution is 6.33. The number of benzene rings is 1. The Labute approximate surface area is 114 Å². The van der Waals surface area contributed by atoms with Gasteiger partial charge in [-0.15, -0.1) is 0 Å². The topological polar surface area (TPSA) is 101 Å². The number of nitro groups is 1. The van der Waals surface area contributed by atoms with E-state index in [4.69, 9.17) is 11.6 Å². The second-order valence-electron chi connectivity index (χ2n) is 3.57. The molecule has 0 aliphatic heterocycles. The number of amides is 2. The lowest BCUT2D eigenvalue weighted by molar-refractivity contribution is -0.385. The molecule has 1 aromatic rings. The van der Waals surface area contributed by atoms with Crippen LogP contribution in [0.2, 0.25) is 5.02 Å². The fraction of sp³-hybridized carbons (Fsp3) is 0.273. The normalized spacial score (nSPS) is 9.79. The Kier molecular flexibility index (Phi) is 5.25. The van der Waals surface area contributed by atoms with Crippen LogP contribution in [0, 0.1) is 10.1 Å². The summed E-state index contributed by atoms with van der Waals surface area (Å²) in [5.74, 6) is -0.876. The maximum Gasteiger partial charge on any atom is 0.300 e. The highest BCUT2D eigenvalue weighted by atomic mass is 35.5. The maximum absolute atomic E-state index is 11.8. The zero-order valence-corrected chi connectivity index (χ0v) is 10.9. The molecule has 102 valence electrons. The summed E-state index contributed by atoms with van der Waals surface area (Å²) < 4.78 is 0. The minimum absolute atomic E-state index is 0.0855. The summed E-state index contributed by atoms with van der Waals surface area (Å²) in [5.41, 5.74) is -0.573. The van der Waals surface area contributed by atoms with Crippen LogP contribution in [-0.2, 0) is 4.79 Å². The smallest absolute Gasteiger partial charge is 0.300 e. The first-order chi connectivity index (χ1) is 8.97. The Morgan fingerprint density at radius 3 is 2.68 bits per heavy atom. The molecule has 0 heterocycles. The molecular formula is C11H12ClN3O4. The lowest BCUT2D eigenvalue weighted by Gasteiger charge is -2.06. The summed E-state index contributed by atoms with van der Waals surface area (Å²) in [6.07, 6.45) is 0.0939. The Morgan fingerprint density at radius 2 is 2.11 bits per heavy atom. The van der Waals surface area contributed by atoms with Gasteiger partial charge < -0.3 is 10.6 Å². The van der Waals surface area contributed by atoms with Gasteiger partial charge in [0.25, 0.3) is 5.91 Å². The van der Waals surface area contributed by atoms with Crippen LogP contribution in [-0.4, -0.2) is 30.3 Å². The van der Waals surface area contributed by atoms with Crippen LogP contribution < -0.4 is 10.6 Å². The average molecular weight is 286 g/mol. The summed E-state index contributed by atoms with van der Waals surface area (Å²) in [6, 6.07) is 4.09. The van der Waals surface area contributed by atoms with E-state index in [0.717, 1.165) is 0 Å². The first-order valence-electron chi connectivity index (χ1n) is 5.39. The van der Waals surface area contributed by atoms with Crippen molar-refractivity contribution in [1.29, 1.82) is 0 Å². The molecule has 1 rings (SSSR count). The van der Waals surface area contributed by atoms with E-state index in [1.165, 1.54) is 25.2 Å². The molecule has 2 amide bonds. The summed E-state index contributed by atoms with van der Waals surface area (Å²) in [6.45, 7) is 0.0855. The Bertz CT molecular complexity index is 519.